The van der Waals surface area contributed by atoms with Crippen molar-refractivity contribution in [3.05, 3.63) is 35.4 Å². The third-order valence-corrected chi connectivity index (χ3v) is 2.97. The van der Waals surface area contributed by atoms with Gasteiger partial charge in [0, 0.05) is 12.0 Å². The van der Waals surface area contributed by atoms with Gasteiger partial charge in [-0.3, -0.25) is 4.79 Å². The van der Waals surface area contributed by atoms with Gasteiger partial charge in [0.2, 0.25) is 0 Å². The molecule has 0 aliphatic rings. The Morgan fingerprint density at radius 2 is 1.73 bits per heavy atom. The van der Waals surface area contributed by atoms with Gasteiger partial charge in [-0.25, -0.2) is 0 Å². The molecule has 0 saturated carbocycles. The molecule has 0 atom stereocenters. The molecule has 0 saturated heterocycles. The molecule has 0 bridgehead atoms. The predicted molar refractivity (Wildman–Crippen MR) is 64.2 cm³/mol. The predicted octanol–water partition coefficient (Wildman–Crippen LogP) is 4.00. The lowest BCUT2D eigenvalue weighted by atomic mass is 9.83. The number of rotatable bonds is 4. The van der Waals surface area contributed by atoms with E-state index < -0.39 is 0 Å². The molecule has 1 rings (SSSR count). The molecule has 0 spiro atoms. The second-order valence-corrected chi connectivity index (χ2v) is 4.98. The first-order chi connectivity index (χ1) is 6.94. The van der Waals surface area contributed by atoms with Crippen molar-refractivity contribution in [3.8, 4) is 0 Å². The second kappa shape index (κ2) is 4.61. The molecule has 1 aromatic carbocycles. The molecular formula is C14H20O. The molecule has 15 heavy (non-hydrogen) atoms. The van der Waals surface area contributed by atoms with Crippen molar-refractivity contribution in [1.82, 2.24) is 0 Å². The van der Waals surface area contributed by atoms with Crippen LogP contribution >= 0.6 is 0 Å². The maximum atomic E-state index is 11.9. The minimum atomic E-state index is 0.113. The maximum absolute atomic E-state index is 11.9. The molecule has 0 aliphatic carbocycles. The summed E-state index contributed by atoms with van der Waals surface area (Å²) in [6.45, 7) is 8.44. The first-order valence-electron chi connectivity index (χ1n) is 5.54. The van der Waals surface area contributed by atoms with Gasteiger partial charge in [-0.05, 0) is 12.3 Å². The number of hydrogen-bond acceptors (Lipinski definition) is 1. The van der Waals surface area contributed by atoms with Crippen LogP contribution in [0, 0.1) is 12.3 Å². The van der Waals surface area contributed by atoms with Crippen LogP contribution in [0.25, 0.3) is 0 Å². The Bertz CT molecular complexity index is 333. The zero-order valence-corrected chi connectivity index (χ0v) is 10.1. The van der Waals surface area contributed by atoms with E-state index in [1.807, 2.05) is 31.2 Å². The number of carbonyl (C=O) groups excluding carboxylic acids is 1. The lowest BCUT2D eigenvalue weighted by Gasteiger charge is -2.21. The number of carbonyl (C=O) groups is 1. The Hall–Kier alpha value is -1.11. The molecule has 0 aromatic heterocycles. The topological polar surface area (TPSA) is 17.1 Å². The summed E-state index contributed by atoms with van der Waals surface area (Å²) in [6, 6.07) is 7.82. The fourth-order valence-electron chi connectivity index (χ4n) is 1.40. The molecule has 0 aliphatic heterocycles. The van der Waals surface area contributed by atoms with Crippen molar-refractivity contribution < 1.29 is 4.79 Å². The Morgan fingerprint density at radius 1 is 1.20 bits per heavy atom. The minimum absolute atomic E-state index is 0.113. The second-order valence-electron chi connectivity index (χ2n) is 4.98. The van der Waals surface area contributed by atoms with E-state index in [-0.39, 0.29) is 11.2 Å². The quantitative estimate of drug-likeness (QED) is 0.677. The van der Waals surface area contributed by atoms with E-state index in [9.17, 15) is 4.79 Å². The maximum Gasteiger partial charge on any atom is 0.163 e. The van der Waals surface area contributed by atoms with Crippen molar-refractivity contribution in [2.75, 3.05) is 0 Å². The average Bonchev–Trinajstić information content (AvgIpc) is 2.18. The van der Waals surface area contributed by atoms with Gasteiger partial charge in [-0.2, -0.15) is 0 Å². The molecule has 1 heteroatoms. The fourth-order valence-corrected chi connectivity index (χ4v) is 1.40. The Morgan fingerprint density at radius 3 is 2.20 bits per heavy atom. The number of Topliss-reactive ketones (excluding diaryl/α,β-unsaturated/α-hetero) is 1. The summed E-state index contributed by atoms with van der Waals surface area (Å²) in [5.41, 5.74) is 2.14. The van der Waals surface area contributed by atoms with Crippen LogP contribution in [-0.4, -0.2) is 5.78 Å². The highest BCUT2D eigenvalue weighted by atomic mass is 16.1. The number of aryl methyl sites for hydroxylation is 1. The summed E-state index contributed by atoms with van der Waals surface area (Å²) >= 11 is 0. The largest absolute Gasteiger partial charge is 0.294 e. The summed E-state index contributed by atoms with van der Waals surface area (Å²) in [5.74, 6) is 0.252. The molecule has 0 fully saturated rings. The molecule has 1 nitrogen and oxygen atoms in total. The van der Waals surface area contributed by atoms with Gasteiger partial charge in [0.05, 0.1) is 0 Å². The molecular weight excluding hydrogens is 184 g/mol. The summed E-state index contributed by atoms with van der Waals surface area (Å²) in [7, 11) is 0. The smallest absolute Gasteiger partial charge is 0.163 e. The van der Waals surface area contributed by atoms with Crippen LogP contribution in [0.2, 0.25) is 0 Å². The van der Waals surface area contributed by atoms with Gasteiger partial charge in [-0.15, -0.1) is 0 Å². The van der Waals surface area contributed by atoms with Crippen molar-refractivity contribution in [3.63, 3.8) is 0 Å². The Kier molecular flexibility index (Phi) is 3.67. The lowest BCUT2D eigenvalue weighted by molar-refractivity contribution is 0.0928. The van der Waals surface area contributed by atoms with Crippen LogP contribution in [-0.2, 0) is 0 Å². The third-order valence-electron chi connectivity index (χ3n) is 2.97. The SMILES string of the molecule is CCC(C)(C)CC(=O)c1ccc(C)cc1. The van der Waals surface area contributed by atoms with Crippen LogP contribution in [0.3, 0.4) is 0 Å². The van der Waals surface area contributed by atoms with E-state index in [2.05, 4.69) is 20.8 Å². The van der Waals surface area contributed by atoms with E-state index in [1.54, 1.807) is 0 Å². The van der Waals surface area contributed by atoms with Gasteiger partial charge in [0.15, 0.2) is 5.78 Å². The highest BCUT2D eigenvalue weighted by Crippen LogP contribution is 2.26. The molecule has 1 aromatic rings. The van der Waals surface area contributed by atoms with E-state index in [0.29, 0.717) is 6.42 Å². The lowest BCUT2D eigenvalue weighted by Crippen LogP contribution is -2.16. The van der Waals surface area contributed by atoms with Gasteiger partial charge < -0.3 is 0 Å². The average molecular weight is 204 g/mol. The molecule has 82 valence electrons. The summed E-state index contributed by atoms with van der Waals surface area (Å²) in [5, 5.41) is 0. The van der Waals surface area contributed by atoms with E-state index >= 15 is 0 Å². The first kappa shape index (κ1) is 12.0. The minimum Gasteiger partial charge on any atom is -0.294 e. The normalized spacial score (nSPS) is 11.5. The van der Waals surface area contributed by atoms with Gasteiger partial charge in [0.25, 0.3) is 0 Å². The van der Waals surface area contributed by atoms with Crippen molar-refractivity contribution in [2.45, 2.75) is 40.5 Å². The zero-order chi connectivity index (χ0) is 11.5. The van der Waals surface area contributed by atoms with Crippen LogP contribution in [0.4, 0.5) is 0 Å². The monoisotopic (exact) mass is 204 g/mol. The Balaban J connectivity index is 2.74. The van der Waals surface area contributed by atoms with Crippen LogP contribution < -0.4 is 0 Å². The molecule has 0 radical (unpaired) electrons. The standard InChI is InChI=1S/C14H20O/c1-5-14(3,4)10-13(15)12-8-6-11(2)7-9-12/h6-9H,5,10H2,1-4H3. The van der Waals surface area contributed by atoms with E-state index in [4.69, 9.17) is 0 Å². The Labute approximate surface area is 92.5 Å². The zero-order valence-electron chi connectivity index (χ0n) is 10.1. The van der Waals surface area contributed by atoms with Crippen LogP contribution in [0.15, 0.2) is 24.3 Å². The highest BCUT2D eigenvalue weighted by Gasteiger charge is 2.20. The first-order valence-corrected chi connectivity index (χ1v) is 5.54. The highest BCUT2D eigenvalue weighted by molar-refractivity contribution is 5.96. The van der Waals surface area contributed by atoms with Crippen molar-refractivity contribution >= 4 is 5.78 Å². The molecule has 0 heterocycles. The van der Waals surface area contributed by atoms with Gasteiger partial charge in [0.1, 0.15) is 0 Å². The van der Waals surface area contributed by atoms with E-state index in [1.165, 1.54) is 5.56 Å². The van der Waals surface area contributed by atoms with Crippen molar-refractivity contribution in [2.24, 2.45) is 5.41 Å². The van der Waals surface area contributed by atoms with Gasteiger partial charge >= 0.3 is 0 Å². The number of benzene rings is 1. The molecule has 0 N–H and O–H groups in total. The number of hydrogen-bond donors (Lipinski definition) is 0. The van der Waals surface area contributed by atoms with Crippen molar-refractivity contribution in [1.29, 1.82) is 0 Å². The number of ketones is 1. The van der Waals surface area contributed by atoms with Gasteiger partial charge in [-0.1, -0.05) is 57.0 Å². The third kappa shape index (κ3) is 3.50. The molecule has 0 amide bonds. The van der Waals surface area contributed by atoms with Crippen LogP contribution in [0.1, 0.15) is 49.5 Å². The summed E-state index contributed by atoms with van der Waals surface area (Å²) < 4.78 is 0. The molecule has 0 unspecified atom stereocenters. The summed E-state index contributed by atoms with van der Waals surface area (Å²) in [4.78, 5) is 11.9. The van der Waals surface area contributed by atoms with Crippen LogP contribution in [0.5, 0.6) is 0 Å². The van der Waals surface area contributed by atoms with E-state index in [0.717, 1.165) is 12.0 Å². The fraction of sp³-hybridized carbons (Fsp3) is 0.500. The summed E-state index contributed by atoms with van der Waals surface area (Å²) in [6.07, 6.45) is 1.66.